The van der Waals surface area contributed by atoms with Gasteiger partial charge in [-0.1, -0.05) is 56.4 Å². The minimum Gasteiger partial charge on any atom is -0.465 e. The predicted octanol–water partition coefficient (Wildman–Crippen LogP) is 20.4. The lowest BCUT2D eigenvalue weighted by Gasteiger charge is -2.60. The van der Waals surface area contributed by atoms with Crippen molar-refractivity contribution in [1.29, 1.82) is 0 Å². The molecule has 0 radical (unpaired) electrons. The lowest BCUT2D eigenvalue weighted by Crippen LogP contribution is -2.62. The number of aliphatic hydroxyl groups excluding tert-OH is 2. The minimum absolute atomic E-state index is 0. The number of aliphatic hydroxyl groups is 2. The Bertz CT molecular complexity index is 3550. The van der Waals surface area contributed by atoms with Crippen molar-refractivity contribution in [3.05, 3.63) is 0 Å². The number of carbonyl (C=O) groups excluding carboxylic acids is 10. The molecule has 24 heteroatoms. The Morgan fingerprint density at radius 3 is 0.919 bits per heavy atom. The molecule has 14 saturated carbocycles. The Morgan fingerprint density at radius 1 is 0.331 bits per heavy atom. The van der Waals surface area contributed by atoms with Gasteiger partial charge >= 0.3 is 60.1 Å². The lowest BCUT2D eigenvalue weighted by molar-refractivity contribution is -0.230. The molecule has 2 N–H and O–H groups in total. The van der Waals surface area contributed by atoms with E-state index in [0.717, 1.165) is 186 Å². The van der Waals surface area contributed by atoms with E-state index in [4.69, 9.17) is 56.8 Å². The summed E-state index contributed by atoms with van der Waals surface area (Å²) in [6.07, 6.45) is 24.5. The van der Waals surface area contributed by atoms with Crippen LogP contribution in [0.2, 0.25) is 0 Å². The molecule has 2 saturated heterocycles. The lowest BCUT2D eigenvalue weighted by atomic mass is 9.52. The first kappa shape index (κ1) is 104. The molecule has 2 heterocycles. The Hall–Kier alpha value is -5.78. The van der Waals surface area contributed by atoms with E-state index in [9.17, 15) is 58.2 Å². The first-order chi connectivity index (χ1) is 56.5. The monoisotopic (exact) mass is 1750 g/mol. The van der Waals surface area contributed by atoms with Crippen LogP contribution in [0.1, 0.15) is 374 Å². The van der Waals surface area contributed by atoms with E-state index >= 15 is 0 Å². The second-order valence-corrected chi connectivity index (χ2v) is 46.1. The van der Waals surface area contributed by atoms with Gasteiger partial charge in [0.05, 0.1) is 68.7 Å². The highest BCUT2D eigenvalue weighted by molar-refractivity contribution is 5.82. The second-order valence-electron chi connectivity index (χ2n) is 46.1. The van der Waals surface area contributed by atoms with Crippen LogP contribution in [0.25, 0.3) is 0 Å². The Balaban J connectivity index is 0.000000185. The van der Waals surface area contributed by atoms with Gasteiger partial charge in [-0.15, -0.1) is 0 Å². The van der Waals surface area contributed by atoms with Crippen molar-refractivity contribution in [3.8, 4) is 0 Å². The van der Waals surface area contributed by atoms with E-state index in [-0.39, 0.29) is 133 Å². The smallest absolute Gasteiger partial charge is 0.465 e. The van der Waals surface area contributed by atoms with Gasteiger partial charge in [0.2, 0.25) is 0 Å². The fourth-order valence-electron chi connectivity index (χ4n) is 22.6. The van der Waals surface area contributed by atoms with Gasteiger partial charge in [-0.25, -0.2) is 9.59 Å². The van der Waals surface area contributed by atoms with Crippen LogP contribution in [0.15, 0.2) is 0 Å². The highest BCUT2D eigenvalue weighted by atomic mass is 16.7. The molecular formula is C100H166O24. The molecule has 14 aliphatic carbocycles. The van der Waals surface area contributed by atoms with E-state index in [1.165, 1.54) is 0 Å². The molecule has 710 valence electrons. The third-order valence-corrected chi connectivity index (χ3v) is 32.4. The quantitative estimate of drug-likeness (QED) is 0.0845. The van der Waals surface area contributed by atoms with E-state index in [1.54, 1.807) is 0 Å². The van der Waals surface area contributed by atoms with Gasteiger partial charge in [-0.05, 0) is 382 Å². The van der Waals surface area contributed by atoms with Crippen LogP contribution >= 0.6 is 0 Å². The number of rotatable bonds is 20. The maximum atomic E-state index is 12.7. The summed E-state index contributed by atoms with van der Waals surface area (Å²) in [7, 11) is 0. The van der Waals surface area contributed by atoms with E-state index in [2.05, 4.69) is 0 Å². The Kier molecular flexibility index (Phi) is 33.0. The maximum absolute atomic E-state index is 12.7. The zero-order valence-corrected chi connectivity index (χ0v) is 79.1. The molecule has 20 atom stereocenters. The van der Waals surface area contributed by atoms with Crippen molar-refractivity contribution in [2.24, 2.45) is 114 Å². The fourth-order valence-corrected chi connectivity index (χ4v) is 22.6. The molecular weight excluding hydrogens is 1590 g/mol. The zero-order chi connectivity index (χ0) is 90.4. The van der Waals surface area contributed by atoms with Gasteiger partial charge in [-0.3, -0.25) is 38.4 Å². The molecule has 16 rings (SSSR count). The molecule has 24 nitrogen and oxygen atoms in total. The van der Waals surface area contributed by atoms with Crippen molar-refractivity contribution in [2.75, 3.05) is 13.2 Å². The number of esters is 8. The summed E-state index contributed by atoms with van der Waals surface area (Å²) < 4.78 is 66.9. The molecule has 16 aliphatic rings. The highest BCUT2D eigenvalue weighted by Gasteiger charge is 2.66. The fraction of sp³-hybridized carbons (Fsp3) is 0.900. The molecule has 20 unspecified atom stereocenters. The molecule has 0 aromatic carbocycles. The van der Waals surface area contributed by atoms with Gasteiger partial charge in [0, 0.05) is 6.42 Å². The molecule has 12 bridgehead atoms. The minimum atomic E-state index is -0.602. The average molecular weight is 1750 g/mol. The SMILES string of the molecule is C.C.CCC(C)(C)C(=O)OC12CC3CC(CC(OC(=O)OC(C)(C)C)(C3)C1)C2.CCC(C)(C)C(=O)OC1CC2CC(OC(=O)OC(C)(C)C)CC2C1.CCC(C)(C)C(=O)OC1CC2CC1CC21CCOC1=O.CCC(C)(C)C(=O)OC1CC2CC1CC21CCOC1=O.CCC(C)(C)C(=O)OC1CC2CC1CC2O.CCC(C)(C)C(=O)OC1CC2CC1CC2O. The number of fused-ring (bicyclic) bond motifs is 11. The van der Waals surface area contributed by atoms with Crippen molar-refractivity contribution >= 4 is 60.1 Å². The second kappa shape index (κ2) is 39.5. The van der Waals surface area contributed by atoms with E-state index in [0.29, 0.717) is 90.6 Å². The predicted molar refractivity (Wildman–Crippen MR) is 469 cm³/mol. The first-order valence-corrected chi connectivity index (χ1v) is 47.3. The van der Waals surface area contributed by atoms with Crippen LogP contribution in [0.5, 0.6) is 0 Å². The average Bonchev–Trinajstić information content (AvgIpc) is 1.46. The topological polar surface area (TPSA) is 322 Å². The molecule has 2 spiro atoms. The molecule has 0 amide bonds. The van der Waals surface area contributed by atoms with Gasteiger partial charge in [0.25, 0.3) is 0 Å². The molecule has 2 aliphatic heterocycles. The summed E-state index contributed by atoms with van der Waals surface area (Å²) in [5.74, 6) is 4.18. The number of hydrogen-bond donors (Lipinski definition) is 2. The summed E-state index contributed by atoms with van der Waals surface area (Å²) in [4.78, 5) is 121. The standard InChI is InChI=1S/C21H34O5.C19H32O5.2C16H24O4.2C13H22O3.2CH4/c1-7-19(5,6)16(22)24-20-9-14-8-15(10-20)12-21(11-14,13-20)26-17(23)25-18(2,3)4;1-7-19(5,6)16(20)22-14-8-12-10-15(11-13(12)9-14)23-17(21)24-18(2,3)4;2*1-4-15(2,3)13(17)20-12-8-11-7-10(12)9-16(11)5-6-19-14(16)18;2*1-4-13(2,3)12(15)16-11-7-8-5-9(11)6-10(8)14;;/h14-15H,7-13H2,1-6H3;12-15H,7-11H2,1-6H3;2*10-12H,4-9H2,1-3H3;2*8-11,14H,4-7H2,1-3H3;2*1H4. The third-order valence-electron chi connectivity index (χ3n) is 32.4. The summed E-state index contributed by atoms with van der Waals surface area (Å²) in [5.41, 5.74) is -5.08. The number of cyclic esters (lactones) is 2. The summed E-state index contributed by atoms with van der Waals surface area (Å²) >= 11 is 0. The number of hydrogen-bond acceptors (Lipinski definition) is 24. The van der Waals surface area contributed by atoms with Crippen molar-refractivity contribution in [3.63, 3.8) is 0 Å². The first-order valence-electron chi connectivity index (χ1n) is 47.3. The number of ether oxygens (including phenoxy) is 12. The van der Waals surface area contributed by atoms with Crippen LogP contribution in [0.3, 0.4) is 0 Å². The van der Waals surface area contributed by atoms with Crippen molar-refractivity contribution in [1.82, 2.24) is 0 Å². The largest absolute Gasteiger partial charge is 0.509 e. The third kappa shape index (κ3) is 23.9. The zero-order valence-electron chi connectivity index (χ0n) is 79.1. The van der Waals surface area contributed by atoms with E-state index in [1.807, 2.05) is 166 Å². The van der Waals surface area contributed by atoms with Crippen LogP contribution < -0.4 is 0 Å². The van der Waals surface area contributed by atoms with Crippen molar-refractivity contribution < 1.29 is 115 Å². The number of carbonyl (C=O) groups is 10. The van der Waals surface area contributed by atoms with Gasteiger partial charge in [0.1, 0.15) is 59.0 Å². The summed E-state index contributed by atoms with van der Waals surface area (Å²) in [6.45, 7) is 47.3. The van der Waals surface area contributed by atoms with Crippen LogP contribution in [-0.4, -0.2) is 155 Å². The van der Waals surface area contributed by atoms with Gasteiger partial charge in [0.15, 0.2) is 0 Å². The van der Waals surface area contributed by atoms with Crippen LogP contribution in [0.4, 0.5) is 9.59 Å². The van der Waals surface area contributed by atoms with E-state index < -0.39 is 56.4 Å². The molecule has 0 aromatic heterocycles. The highest BCUT2D eigenvalue weighted by Crippen LogP contribution is 2.64. The molecule has 0 aromatic rings. The van der Waals surface area contributed by atoms with Crippen LogP contribution in [0, 0.1) is 114 Å². The summed E-state index contributed by atoms with van der Waals surface area (Å²) in [6, 6.07) is 0. The van der Waals surface area contributed by atoms with Gasteiger partial charge < -0.3 is 67.1 Å². The Labute approximate surface area is 743 Å². The molecule has 16 fully saturated rings. The van der Waals surface area contributed by atoms with Gasteiger partial charge in [-0.2, -0.15) is 0 Å². The van der Waals surface area contributed by atoms with Crippen LogP contribution in [-0.2, 0) is 95.2 Å². The maximum Gasteiger partial charge on any atom is 0.509 e. The Morgan fingerprint density at radius 2 is 0.637 bits per heavy atom. The summed E-state index contributed by atoms with van der Waals surface area (Å²) in [5, 5.41) is 19.3. The normalized spacial score (nSPS) is 35.8. The van der Waals surface area contributed by atoms with Crippen molar-refractivity contribution in [2.45, 2.75) is 445 Å². The molecule has 124 heavy (non-hydrogen) atoms.